The monoisotopic (exact) mass is 344 g/mol. The minimum Gasteiger partial charge on any atom is -0.393 e. The number of hydrogen-bond acceptors (Lipinski definition) is 6. The van der Waals surface area contributed by atoms with Gasteiger partial charge in [0.1, 0.15) is 0 Å². The number of nitrogens with one attached hydrogen (secondary N) is 1. The van der Waals surface area contributed by atoms with E-state index in [4.69, 9.17) is 4.52 Å². The summed E-state index contributed by atoms with van der Waals surface area (Å²) >= 11 is 0. The van der Waals surface area contributed by atoms with Crippen molar-refractivity contribution in [2.24, 2.45) is 0 Å². The van der Waals surface area contributed by atoms with Crippen molar-refractivity contribution in [2.75, 3.05) is 13.1 Å². The van der Waals surface area contributed by atoms with Crippen molar-refractivity contribution in [2.45, 2.75) is 44.9 Å². The van der Waals surface area contributed by atoms with Gasteiger partial charge in [0.25, 0.3) is 5.91 Å². The molecule has 1 aliphatic heterocycles. The van der Waals surface area contributed by atoms with Crippen LogP contribution in [0.5, 0.6) is 0 Å². The summed E-state index contributed by atoms with van der Waals surface area (Å²) in [7, 11) is 0. The first-order valence-electron chi connectivity index (χ1n) is 8.73. The Morgan fingerprint density at radius 3 is 2.92 bits per heavy atom. The molecule has 0 bridgehead atoms. The topological polar surface area (TPSA) is 91.5 Å². The molecule has 0 aromatic carbocycles. The van der Waals surface area contributed by atoms with Gasteiger partial charge in [0.15, 0.2) is 11.5 Å². The number of amides is 1. The number of likely N-dealkylation sites (tertiary alicyclic amines) is 1. The molecule has 1 amide bonds. The van der Waals surface area contributed by atoms with E-state index in [1.54, 1.807) is 12.3 Å². The molecule has 1 fully saturated rings. The fourth-order valence-electron chi connectivity index (χ4n) is 2.99. The van der Waals surface area contributed by atoms with E-state index in [1.165, 1.54) is 0 Å². The maximum atomic E-state index is 12.4. The predicted octanol–water partition coefficient (Wildman–Crippen LogP) is 1.91. The smallest absolute Gasteiger partial charge is 0.274 e. The molecule has 1 aliphatic rings. The van der Waals surface area contributed by atoms with Gasteiger partial charge < -0.3 is 14.9 Å². The largest absolute Gasteiger partial charge is 0.393 e. The molecule has 7 heteroatoms. The summed E-state index contributed by atoms with van der Waals surface area (Å²) in [4.78, 5) is 18.9. The Morgan fingerprint density at radius 1 is 1.44 bits per heavy atom. The highest BCUT2D eigenvalue weighted by molar-refractivity contribution is 5.92. The molecule has 0 saturated carbocycles. The summed E-state index contributed by atoms with van der Waals surface area (Å²) in [5.41, 5.74) is 1.11. The zero-order valence-electron chi connectivity index (χ0n) is 14.4. The number of carbonyl (C=O) groups excluding carboxylic acids is 1. The van der Waals surface area contributed by atoms with Crippen LogP contribution in [-0.4, -0.2) is 45.2 Å². The lowest BCUT2D eigenvalue weighted by molar-refractivity contribution is 0.0748. The molecule has 3 rings (SSSR count). The van der Waals surface area contributed by atoms with Crippen LogP contribution in [0.3, 0.4) is 0 Å². The van der Waals surface area contributed by atoms with Gasteiger partial charge in [-0.1, -0.05) is 18.1 Å². The first-order chi connectivity index (χ1) is 12.2. The SMILES string of the molecule is CC[C@@H](NC(=O)c1cc(CN2CCC(O)CC2)on1)c1ccccn1. The van der Waals surface area contributed by atoms with Gasteiger partial charge in [-0.3, -0.25) is 14.7 Å². The number of aliphatic hydroxyl groups excluding tert-OH is 1. The molecule has 1 atom stereocenters. The molecular weight excluding hydrogens is 320 g/mol. The van der Waals surface area contributed by atoms with Crippen molar-refractivity contribution in [3.8, 4) is 0 Å². The summed E-state index contributed by atoms with van der Waals surface area (Å²) in [6, 6.07) is 7.18. The van der Waals surface area contributed by atoms with Crippen molar-refractivity contribution in [3.63, 3.8) is 0 Å². The Balaban J connectivity index is 1.58. The maximum Gasteiger partial charge on any atom is 0.274 e. The summed E-state index contributed by atoms with van der Waals surface area (Å²) in [5, 5.41) is 16.4. The van der Waals surface area contributed by atoms with Crippen molar-refractivity contribution < 1.29 is 14.4 Å². The second-order valence-electron chi connectivity index (χ2n) is 6.37. The molecule has 7 nitrogen and oxygen atoms in total. The molecule has 0 aliphatic carbocycles. The van der Waals surface area contributed by atoms with Crippen LogP contribution in [0.25, 0.3) is 0 Å². The second kappa shape index (κ2) is 8.22. The van der Waals surface area contributed by atoms with Gasteiger partial charge in [-0.05, 0) is 31.4 Å². The van der Waals surface area contributed by atoms with Crippen LogP contribution in [0.2, 0.25) is 0 Å². The first-order valence-corrected chi connectivity index (χ1v) is 8.73. The second-order valence-corrected chi connectivity index (χ2v) is 6.37. The lowest BCUT2D eigenvalue weighted by atomic mass is 10.1. The Kier molecular flexibility index (Phi) is 5.78. The third-order valence-electron chi connectivity index (χ3n) is 4.49. The molecule has 134 valence electrons. The summed E-state index contributed by atoms with van der Waals surface area (Å²) < 4.78 is 5.31. The Labute approximate surface area is 147 Å². The van der Waals surface area contributed by atoms with Gasteiger partial charge in [0.05, 0.1) is 24.4 Å². The fraction of sp³-hybridized carbons (Fsp3) is 0.500. The van der Waals surface area contributed by atoms with Crippen LogP contribution in [0, 0.1) is 0 Å². The highest BCUT2D eigenvalue weighted by Gasteiger charge is 2.21. The summed E-state index contributed by atoms with van der Waals surface area (Å²) in [5.74, 6) is 0.397. The van der Waals surface area contributed by atoms with E-state index >= 15 is 0 Å². The van der Waals surface area contributed by atoms with Crippen molar-refractivity contribution in [1.82, 2.24) is 20.4 Å². The van der Waals surface area contributed by atoms with Gasteiger partial charge in [0.2, 0.25) is 0 Å². The zero-order valence-corrected chi connectivity index (χ0v) is 14.4. The van der Waals surface area contributed by atoms with Gasteiger partial charge in [-0.25, -0.2) is 0 Å². The third-order valence-corrected chi connectivity index (χ3v) is 4.49. The number of rotatable bonds is 6. The molecule has 2 aromatic rings. The van der Waals surface area contributed by atoms with Crippen molar-refractivity contribution in [1.29, 1.82) is 0 Å². The molecule has 2 aromatic heterocycles. The molecule has 2 N–H and O–H groups in total. The van der Waals surface area contributed by atoms with Crippen molar-refractivity contribution >= 4 is 5.91 Å². The van der Waals surface area contributed by atoms with Crippen LogP contribution in [0.1, 0.15) is 54.2 Å². The lowest BCUT2D eigenvalue weighted by Gasteiger charge is -2.28. The van der Waals surface area contributed by atoms with Crippen LogP contribution >= 0.6 is 0 Å². The molecule has 25 heavy (non-hydrogen) atoms. The number of aromatic nitrogens is 2. The predicted molar refractivity (Wildman–Crippen MR) is 91.8 cm³/mol. The number of hydrogen-bond donors (Lipinski definition) is 2. The van der Waals surface area contributed by atoms with Crippen LogP contribution in [0.4, 0.5) is 0 Å². The molecule has 0 spiro atoms. The van der Waals surface area contributed by atoms with E-state index in [-0.39, 0.29) is 23.7 Å². The van der Waals surface area contributed by atoms with Crippen LogP contribution in [0.15, 0.2) is 35.0 Å². The van der Waals surface area contributed by atoms with Crippen LogP contribution in [-0.2, 0) is 6.54 Å². The Hall–Kier alpha value is -2.25. The van der Waals surface area contributed by atoms with E-state index in [9.17, 15) is 9.90 Å². The summed E-state index contributed by atoms with van der Waals surface area (Å²) in [6.45, 7) is 4.24. The normalized spacial score (nSPS) is 17.4. The number of nitrogens with zero attached hydrogens (tertiary/aromatic N) is 3. The average Bonchev–Trinajstić information content (AvgIpc) is 3.11. The Morgan fingerprint density at radius 2 is 2.24 bits per heavy atom. The highest BCUT2D eigenvalue weighted by Crippen LogP contribution is 2.16. The molecule has 3 heterocycles. The third kappa shape index (κ3) is 4.64. The number of aliphatic hydroxyl groups is 1. The van der Waals surface area contributed by atoms with E-state index in [2.05, 4.69) is 20.4 Å². The van der Waals surface area contributed by atoms with Crippen molar-refractivity contribution in [3.05, 3.63) is 47.6 Å². The standard InChI is InChI=1S/C18H24N4O3/c1-2-15(16-5-3-4-8-19-16)20-18(24)17-11-14(25-21-17)12-22-9-6-13(23)7-10-22/h3-5,8,11,13,15,23H,2,6-7,9-10,12H2,1H3,(H,20,24)/t15-/m1/s1. The van der Waals surface area contributed by atoms with E-state index in [0.29, 0.717) is 12.3 Å². The quantitative estimate of drug-likeness (QED) is 0.832. The molecule has 0 radical (unpaired) electrons. The molecule has 0 unspecified atom stereocenters. The maximum absolute atomic E-state index is 12.4. The molecular formula is C18H24N4O3. The highest BCUT2D eigenvalue weighted by atomic mass is 16.5. The number of carbonyl (C=O) groups is 1. The van der Waals surface area contributed by atoms with Gasteiger partial charge in [-0.15, -0.1) is 0 Å². The van der Waals surface area contributed by atoms with Gasteiger partial charge >= 0.3 is 0 Å². The van der Waals surface area contributed by atoms with Gasteiger partial charge in [-0.2, -0.15) is 0 Å². The number of piperidine rings is 1. The minimum absolute atomic E-state index is 0.155. The summed E-state index contributed by atoms with van der Waals surface area (Å²) in [6.07, 6.45) is 3.79. The van der Waals surface area contributed by atoms with E-state index in [1.807, 2.05) is 25.1 Å². The van der Waals surface area contributed by atoms with Crippen LogP contribution < -0.4 is 5.32 Å². The first kappa shape index (κ1) is 17.6. The molecule has 1 saturated heterocycles. The minimum atomic E-state index is -0.262. The van der Waals surface area contributed by atoms with E-state index in [0.717, 1.165) is 38.0 Å². The fourth-order valence-corrected chi connectivity index (χ4v) is 2.99. The van der Waals surface area contributed by atoms with E-state index < -0.39 is 0 Å². The number of pyridine rings is 1. The lowest BCUT2D eigenvalue weighted by Crippen LogP contribution is -2.35. The Bertz CT molecular complexity index is 681. The average molecular weight is 344 g/mol. The zero-order chi connectivity index (χ0) is 17.6. The van der Waals surface area contributed by atoms with Gasteiger partial charge in [0, 0.05) is 25.4 Å².